The van der Waals surface area contributed by atoms with Gasteiger partial charge in [0.15, 0.2) is 0 Å². The summed E-state index contributed by atoms with van der Waals surface area (Å²) in [6, 6.07) is 0.471. The van der Waals surface area contributed by atoms with Gasteiger partial charge in [0.05, 0.1) is 6.10 Å². The number of hydrogen-bond acceptors (Lipinski definition) is 3. The lowest BCUT2D eigenvalue weighted by atomic mass is 9.99. The molecule has 1 rings (SSSR count). The molecule has 0 saturated heterocycles. The van der Waals surface area contributed by atoms with E-state index in [0.29, 0.717) is 12.0 Å². The largest absolute Gasteiger partial charge is 0.392 e. The van der Waals surface area contributed by atoms with Crippen LogP contribution in [-0.4, -0.2) is 49.3 Å². The highest BCUT2D eigenvalue weighted by Crippen LogP contribution is 2.28. The summed E-state index contributed by atoms with van der Waals surface area (Å²) in [4.78, 5) is 2.21. The molecular formula is C15H32N2O. The summed E-state index contributed by atoms with van der Waals surface area (Å²) in [7, 11) is 4.21. The van der Waals surface area contributed by atoms with Crippen molar-refractivity contribution in [1.29, 1.82) is 0 Å². The first kappa shape index (κ1) is 15.9. The number of aliphatic hydroxyl groups excluding tert-OH is 1. The van der Waals surface area contributed by atoms with Gasteiger partial charge in [-0.25, -0.2) is 0 Å². The summed E-state index contributed by atoms with van der Waals surface area (Å²) < 4.78 is 0. The highest BCUT2D eigenvalue weighted by atomic mass is 16.3. The topological polar surface area (TPSA) is 35.5 Å². The third-order valence-electron chi connectivity index (χ3n) is 4.06. The number of rotatable bonds is 8. The standard InChI is InChI=1S/C15H32N2O/c1-12(2)15(11-17(3)4)16-10-14(18)9-13-7-5-6-8-13/h12-16,18H,5-11H2,1-4H3. The van der Waals surface area contributed by atoms with Gasteiger partial charge in [0, 0.05) is 19.1 Å². The molecule has 1 aliphatic carbocycles. The highest BCUT2D eigenvalue weighted by molar-refractivity contribution is 4.77. The molecule has 0 amide bonds. The van der Waals surface area contributed by atoms with Crippen molar-refractivity contribution >= 4 is 0 Å². The fraction of sp³-hybridized carbons (Fsp3) is 1.00. The van der Waals surface area contributed by atoms with Crippen molar-refractivity contribution in [3.05, 3.63) is 0 Å². The predicted octanol–water partition coefficient (Wildman–Crippen LogP) is 2.10. The lowest BCUT2D eigenvalue weighted by Crippen LogP contribution is -2.45. The maximum absolute atomic E-state index is 10.1. The van der Waals surface area contributed by atoms with Crippen LogP contribution in [0.4, 0.5) is 0 Å². The van der Waals surface area contributed by atoms with Crippen molar-refractivity contribution in [1.82, 2.24) is 10.2 Å². The van der Waals surface area contributed by atoms with Crippen LogP contribution in [0.5, 0.6) is 0 Å². The van der Waals surface area contributed by atoms with Gasteiger partial charge >= 0.3 is 0 Å². The quantitative estimate of drug-likeness (QED) is 0.698. The Balaban J connectivity index is 2.23. The molecule has 1 aliphatic rings. The molecule has 3 nitrogen and oxygen atoms in total. The number of hydrogen-bond donors (Lipinski definition) is 2. The van der Waals surface area contributed by atoms with Gasteiger partial charge in [-0.3, -0.25) is 0 Å². The molecule has 2 N–H and O–H groups in total. The Hall–Kier alpha value is -0.120. The maximum atomic E-state index is 10.1. The Bertz CT molecular complexity index is 213. The molecular weight excluding hydrogens is 224 g/mol. The van der Waals surface area contributed by atoms with Crippen molar-refractivity contribution in [2.75, 3.05) is 27.2 Å². The number of nitrogens with zero attached hydrogens (tertiary/aromatic N) is 1. The first-order valence-electron chi connectivity index (χ1n) is 7.55. The Morgan fingerprint density at radius 3 is 2.33 bits per heavy atom. The third-order valence-corrected chi connectivity index (χ3v) is 4.06. The molecule has 0 radical (unpaired) electrons. The molecule has 1 fully saturated rings. The molecule has 108 valence electrons. The van der Waals surface area contributed by atoms with E-state index in [4.69, 9.17) is 0 Å². The number of nitrogens with one attached hydrogen (secondary N) is 1. The number of aliphatic hydroxyl groups is 1. The second-order valence-electron chi connectivity index (χ2n) is 6.56. The predicted molar refractivity (Wildman–Crippen MR) is 77.8 cm³/mol. The second-order valence-corrected chi connectivity index (χ2v) is 6.56. The SMILES string of the molecule is CC(C)C(CN(C)C)NCC(O)CC1CCCC1. The van der Waals surface area contributed by atoms with Gasteiger partial charge in [-0.2, -0.15) is 0 Å². The first-order valence-corrected chi connectivity index (χ1v) is 7.55. The van der Waals surface area contributed by atoms with Gasteiger partial charge in [0.1, 0.15) is 0 Å². The minimum Gasteiger partial charge on any atom is -0.392 e. The Morgan fingerprint density at radius 1 is 1.22 bits per heavy atom. The molecule has 0 aromatic carbocycles. The summed E-state index contributed by atoms with van der Waals surface area (Å²) in [5.41, 5.74) is 0. The molecule has 0 aromatic heterocycles. The third kappa shape index (κ3) is 6.17. The van der Waals surface area contributed by atoms with Gasteiger partial charge in [0.25, 0.3) is 0 Å². The molecule has 18 heavy (non-hydrogen) atoms. The zero-order valence-electron chi connectivity index (χ0n) is 12.7. The van der Waals surface area contributed by atoms with Gasteiger partial charge in [-0.15, -0.1) is 0 Å². The lowest BCUT2D eigenvalue weighted by Gasteiger charge is -2.27. The molecule has 0 aromatic rings. The van der Waals surface area contributed by atoms with E-state index in [-0.39, 0.29) is 6.10 Å². The van der Waals surface area contributed by atoms with E-state index in [1.165, 1.54) is 25.7 Å². The van der Waals surface area contributed by atoms with E-state index >= 15 is 0 Å². The van der Waals surface area contributed by atoms with E-state index in [9.17, 15) is 5.11 Å². The first-order chi connectivity index (χ1) is 8.49. The molecule has 2 atom stereocenters. The normalized spacial score (nSPS) is 20.8. The van der Waals surface area contributed by atoms with Crippen LogP contribution in [0.3, 0.4) is 0 Å². The second kappa shape index (κ2) is 8.13. The van der Waals surface area contributed by atoms with Crippen molar-refractivity contribution in [3.63, 3.8) is 0 Å². The number of likely N-dealkylation sites (N-methyl/N-ethyl adjacent to an activating group) is 1. The van der Waals surface area contributed by atoms with Crippen molar-refractivity contribution in [2.24, 2.45) is 11.8 Å². The van der Waals surface area contributed by atoms with Crippen LogP contribution in [0.15, 0.2) is 0 Å². The summed E-state index contributed by atoms with van der Waals surface area (Å²) in [6.45, 7) is 6.26. The van der Waals surface area contributed by atoms with Crippen molar-refractivity contribution in [2.45, 2.75) is 58.1 Å². The van der Waals surface area contributed by atoms with Crippen LogP contribution in [0, 0.1) is 11.8 Å². The van der Waals surface area contributed by atoms with Gasteiger partial charge in [-0.1, -0.05) is 39.5 Å². The average molecular weight is 256 g/mol. The van der Waals surface area contributed by atoms with Crippen molar-refractivity contribution in [3.8, 4) is 0 Å². The van der Waals surface area contributed by atoms with Crippen molar-refractivity contribution < 1.29 is 5.11 Å². The van der Waals surface area contributed by atoms with E-state index in [2.05, 4.69) is 38.2 Å². The Morgan fingerprint density at radius 2 is 1.83 bits per heavy atom. The van der Waals surface area contributed by atoms with Gasteiger partial charge < -0.3 is 15.3 Å². The van der Waals surface area contributed by atoms with E-state index in [1.807, 2.05) is 0 Å². The summed E-state index contributed by atoms with van der Waals surface area (Å²) in [5.74, 6) is 1.37. The maximum Gasteiger partial charge on any atom is 0.0667 e. The van der Waals surface area contributed by atoms with E-state index in [0.717, 1.165) is 25.4 Å². The molecule has 1 saturated carbocycles. The fourth-order valence-corrected chi connectivity index (χ4v) is 2.91. The molecule has 0 aliphatic heterocycles. The van der Waals surface area contributed by atoms with Crippen LogP contribution in [0.2, 0.25) is 0 Å². The zero-order chi connectivity index (χ0) is 13.5. The molecule has 0 heterocycles. The zero-order valence-corrected chi connectivity index (χ0v) is 12.7. The molecule has 3 heteroatoms. The van der Waals surface area contributed by atoms with Crippen LogP contribution < -0.4 is 5.32 Å². The van der Waals surface area contributed by atoms with Gasteiger partial charge in [-0.05, 0) is 32.4 Å². The summed E-state index contributed by atoms with van der Waals surface area (Å²) in [5, 5.41) is 13.6. The van der Waals surface area contributed by atoms with Crippen LogP contribution in [0.1, 0.15) is 46.0 Å². The van der Waals surface area contributed by atoms with E-state index < -0.39 is 0 Å². The summed E-state index contributed by atoms with van der Waals surface area (Å²) >= 11 is 0. The molecule has 0 spiro atoms. The van der Waals surface area contributed by atoms with E-state index in [1.54, 1.807) is 0 Å². The minimum absolute atomic E-state index is 0.170. The Labute approximate surface area is 113 Å². The molecule has 0 bridgehead atoms. The highest BCUT2D eigenvalue weighted by Gasteiger charge is 2.20. The Kier molecular flexibility index (Phi) is 7.20. The lowest BCUT2D eigenvalue weighted by molar-refractivity contribution is 0.131. The van der Waals surface area contributed by atoms with Crippen LogP contribution in [0.25, 0.3) is 0 Å². The van der Waals surface area contributed by atoms with Crippen LogP contribution >= 0.6 is 0 Å². The average Bonchev–Trinajstić information content (AvgIpc) is 2.76. The summed E-state index contributed by atoms with van der Waals surface area (Å²) in [6.07, 6.45) is 6.18. The van der Waals surface area contributed by atoms with Gasteiger partial charge in [0.2, 0.25) is 0 Å². The smallest absolute Gasteiger partial charge is 0.0667 e. The fourth-order valence-electron chi connectivity index (χ4n) is 2.91. The minimum atomic E-state index is -0.170. The molecule has 2 unspecified atom stereocenters. The van der Waals surface area contributed by atoms with Crippen LogP contribution in [-0.2, 0) is 0 Å². The monoisotopic (exact) mass is 256 g/mol.